The number of anilines is 1. The maximum Gasteiger partial charge on any atom is 0.422 e. The molecule has 0 saturated heterocycles. The van der Waals surface area contributed by atoms with E-state index in [0.717, 1.165) is 15.8 Å². The van der Waals surface area contributed by atoms with Crippen LogP contribution in [0.5, 0.6) is 11.6 Å². The molecule has 0 aliphatic rings. The second-order valence-corrected chi connectivity index (χ2v) is 8.21. The number of aromatic nitrogens is 4. The predicted octanol–water partition coefficient (Wildman–Crippen LogP) is 4.61. The quantitative estimate of drug-likeness (QED) is 0.349. The monoisotopic (exact) mass is 543 g/mol. The summed E-state index contributed by atoms with van der Waals surface area (Å²) in [4.78, 5) is 5.79. The van der Waals surface area contributed by atoms with Crippen LogP contribution in [0.4, 0.5) is 19.1 Å². The Hall–Kier alpha value is -2.86. The average molecular weight is 544 g/mol. The molecule has 8 nitrogen and oxygen atoms in total. The molecule has 3 aromatic rings. The fraction of sp³-hybridized carbons (Fsp3) is 0.409. The van der Waals surface area contributed by atoms with Crippen LogP contribution in [0.1, 0.15) is 23.9 Å². The summed E-state index contributed by atoms with van der Waals surface area (Å²) < 4.78 is 55.9. The van der Waals surface area contributed by atoms with Gasteiger partial charge in [0.1, 0.15) is 12.4 Å². The Morgan fingerprint density at radius 3 is 2.65 bits per heavy atom. The fourth-order valence-electron chi connectivity index (χ4n) is 3.16. The van der Waals surface area contributed by atoms with Gasteiger partial charge in [-0.15, -0.1) is 10.2 Å². The Balaban J connectivity index is 1.86. The van der Waals surface area contributed by atoms with Crippen molar-refractivity contribution in [3.05, 3.63) is 58.0 Å². The van der Waals surface area contributed by atoms with E-state index in [9.17, 15) is 13.2 Å². The molecule has 0 spiro atoms. The lowest BCUT2D eigenvalue weighted by Gasteiger charge is -2.21. The van der Waals surface area contributed by atoms with E-state index >= 15 is 0 Å². The topological polar surface area (TPSA) is 74.5 Å². The Kier molecular flexibility index (Phi) is 8.72. The summed E-state index contributed by atoms with van der Waals surface area (Å²) in [5.41, 5.74) is 1.66. The fourth-order valence-corrected chi connectivity index (χ4v) is 3.53. The molecule has 0 saturated carbocycles. The Bertz CT molecular complexity index is 1090. The van der Waals surface area contributed by atoms with Gasteiger partial charge in [0.2, 0.25) is 11.8 Å². The largest absolute Gasteiger partial charge is 0.497 e. The maximum atomic E-state index is 12.5. The zero-order chi connectivity index (χ0) is 24.7. The molecule has 0 aliphatic carbocycles. The number of alkyl halides is 3. The first kappa shape index (κ1) is 25.8. The first-order valence-corrected chi connectivity index (χ1v) is 11.2. The highest BCUT2D eigenvalue weighted by molar-refractivity contribution is 9.10. The molecule has 1 aromatic carbocycles. The van der Waals surface area contributed by atoms with E-state index in [1.165, 1.54) is 12.3 Å². The summed E-state index contributed by atoms with van der Waals surface area (Å²) in [5, 5.41) is 8.62. The van der Waals surface area contributed by atoms with Crippen molar-refractivity contribution in [3.8, 4) is 11.6 Å². The summed E-state index contributed by atoms with van der Waals surface area (Å²) in [7, 11) is 3.48. The molecule has 12 heteroatoms. The number of hydrogen-bond donors (Lipinski definition) is 0. The molecule has 2 aromatic heterocycles. The third-order valence-corrected chi connectivity index (χ3v) is 5.54. The summed E-state index contributed by atoms with van der Waals surface area (Å²) >= 11 is 3.56. The van der Waals surface area contributed by atoms with Gasteiger partial charge >= 0.3 is 6.18 Å². The molecule has 184 valence electrons. The minimum absolute atomic E-state index is 0.107. The van der Waals surface area contributed by atoms with Crippen molar-refractivity contribution in [2.75, 3.05) is 32.3 Å². The summed E-state index contributed by atoms with van der Waals surface area (Å²) in [6, 6.07) is 8.87. The molecular formula is C22H25BrF3N5O3. The summed E-state index contributed by atoms with van der Waals surface area (Å²) in [6.07, 6.45) is -3.04. The third kappa shape index (κ3) is 7.07. The first-order chi connectivity index (χ1) is 16.2. The van der Waals surface area contributed by atoms with Gasteiger partial charge < -0.3 is 19.1 Å². The van der Waals surface area contributed by atoms with Crippen molar-refractivity contribution in [3.63, 3.8) is 0 Å². The standard InChI is InChI=1S/C22H25BrF3N5O3/c1-4-33-13-19-28-29-21(30(2)12-16-10-17(32-3)5-6-18(16)23)31(19)11-15-7-8-27-20(9-15)34-14-22(24,25)26/h5-10H,4,11-14H2,1-3H3. The van der Waals surface area contributed by atoms with E-state index in [1.807, 2.05) is 41.6 Å². The van der Waals surface area contributed by atoms with Gasteiger partial charge in [-0.1, -0.05) is 15.9 Å². The normalized spacial score (nSPS) is 11.5. The molecule has 3 rings (SSSR count). The van der Waals surface area contributed by atoms with Gasteiger partial charge in [-0.2, -0.15) is 13.2 Å². The second kappa shape index (κ2) is 11.5. The number of methoxy groups -OCH3 is 1. The van der Waals surface area contributed by atoms with Crippen LogP contribution < -0.4 is 14.4 Å². The van der Waals surface area contributed by atoms with Crippen LogP contribution in [0.3, 0.4) is 0 Å². The van der Waals surface area contributed by atoms with Crippen molar-refractivity contribution in [2.45, 2.75) is 32.8 Å². The number of hydrogen-bond acceptors (Lipinski definition) is 7. The molecule has 34 heavy (non-hydrogen) atoms. The molecule has 0 amide bonds. The Labute approximate surface area is 203 Å². The Morgan fingerprint density at radius 2 is 1.94 bits per heavy atom. The zero-order valence-corrected chi connectivity index (χ0v) is 20.6. The molecule has 2 heterocycles. The number of pyridine rings is 1. The molecule has 0 fully saturated rings. The molecule has 0 radical (unpaired) electrons. The van der Waals surface area contributed by atoms with Crippen molar-refractivity contribution in [2.24, 2.45) is 0 Å². The van der Waals surface area contributed by atoms with Crippen LogP contribution in [0.25, 0.3) is 0 Å². The van der Waals surface area contributed by atoms with Crippen LogP contribution in [0, 0.1) is 0 Å². The number of nitrogens with zero attached hydrogens (tertiary/aromatic N) is 5. The highest BCUT2D eigenvalue weighted by Crippen LogP contribution is 2.26. The van der Waals surface area contributed by atoms with Crippen molar-refractivity contribution in [1.82, 2.24) is 19.7 Å². The lowest BCUT2D eigenvalue weighted by atomic mass is 10.2. The molecular weight excluding hydrogens is 519 g/mol. The van der Waals surface area contributed by atoms with Crippen LogP contribution in [0.2, 0.25) is 0 Å². The van der Waals surface area contributed by atoms with Gasteiger partial charge in [0.05, 0.1) is 13.7 Å². The zero-order valence-electron chi connectivity index (χ0n) is 19.0. The van der Waals surface area contributed by atoms with Crippen molar-refractivity contribution in [1.29, 1.82) is 0 Å². The lowest BCUT2D eigenvalue weighted by molar-refractivity contribution is -0.154. The van der Waals surface area contributed by atoms with E-state index in [0.29, 0.717) is 37.0 Å². The number of ether oxygens (including phenoxy) is 3. The maximum absolute atomic E-state index is 12.5. The molecule has 0 aliphatic heterocycles. The van der Waals surface area contributed by atoms with Crippen molar-refractivity contribution < 1.29 is 27.4 Å². The average Bonchev–Trinajstić information content (AvgIpc) is 3.20. The van der Waals surface area contributed by atoms with E-state index < -0.39 is 12.8 Å². The SMILES string of the molecule is CCOCc1nnc(N(C)Cc2cc(OC)ccc2Br)n1Cc1ccnc(OCC(F)(F)F)c1. The van der Waals surface area contributed by atoms with Gasteiger partial charge in [0.25, 0.3) is 0 Å². The van der Waals surface area contributed by atoms with Crippen LogP contribution >= 0.6 is 15.9 Å². The molecule has 0 unspecified atom stereocenters. The van der Waals surface area contributed by atoms with Gasteiger partial charge in [-0.25, -0.2) is 4.98 Å². The number of benzene rings is 1. The molecule has 0 atom stereocenters. The van der Waals surface area contributed by atoms with E-state index in [4.69, 9.17) is 14.2 Å². The first-order valence-electron chi connectivity index (χ1n) is 10.4. The van der Waals surface area contributed by atoms with Gasteiger partial charge in [0, 0.05) is 36.9 Å². The lowest BCUT2D eigenvalue weighted by Crippen LogP contribution is -2.22. The number of rotatable bonds is 11. The van der Waals surface area contributed by atoms with Gasteiger partial charge in [0.15, 0.2) is 12.4 Å². The van der Waals surface area contributed by atoms with Crippen LogP contribution in [-0.4, -0.2) is 53.3 Å². The minimum atomic E-state index is -4.44. The Morgan fingerprint density at radius 1 is 1.15 bits per heavy atom. The van der Waals surface area contributed by atoms with E-state index in [-0.39, 0.29) is 12.5 Å². The van der Waals surface area contributed by atoms with Crippen molar-refractivity contribution >= 4 is 21.9 Å². The predicted molar refractivity (Wildman–Crippen MR) is 123 cm³/mol. The van der Waals surface area contributed by atoms with E-state index in [2.05, 4.69) is 31.1 Å². The van der Waals surface area contributed by atoms with E-state index in [1.54, 1.807) is 13.2 Å². The third-order valence-electron chi connectivity index (χ3n) is 4.77. The molecule has 0 N–H and O–H groups in total. The van der Waals surface area contributed by atoms with Crippen LogP contribution in [-0.2, 0) is 24.4 Å². The highest BCUT2D eigenvalue weighted by Gasteiger charge is 2.28. The smallest absolute Gasteiger partial charge is 0.422 e. The second-order valence-electron chi connectivity index (χ2n) is 7.36. The number of halogens is 4. The van der Waals surface area contributed by atoms with Crippen LogP contribution in [0.15, 0.2) is 41.0 Å². The minimum Gasteiger partial charge on any atom is -0.497 e. The van der Waals surface area contributed by atoms with Gasteiger partial charge in [-0.05, 0) is 42.3 Å². The summed E-state index contributed by atoms with van der Waals surface area (Å²) in [6.45, 7) is 2.00. The van der Waals surface area contributed by atoms with Gasteiger partial charge in [-0.3, -0.25) is 4.57 Å². The highest BCUT2D eigenvalue weighted by atomic mass is 79.9. The molecule has 0 bridgehead atoms. The summed E-state index contributed by atoms with van der Waals surface area (Å²) in [5.74, 6) is 1.78.